The van der Waals surface area contributed by atoms with E-state index in [0.29, 0.717) is 0 Å². The molecule has 7 nitrogen and oxygen atoms in total. The van der Waals surface area contributed by atoms with Gasteiger partial charge in [-0.15, -0.1) is 0 Å². The van der Waals surface area contributed by atoms with Gasteiger partial charge in [0.15, 0.2) is 5.66 Å². The lowest BCUT2D eigenvalue weighted by Gasteiger charge is -2.14. The molecule has 0 bridgehead atoms. The second-order valence-electron chi connectivity index (χ2n) is 2.31. The standard InChI is InChI=1S/C5H12NO6P/c6-5(8)4(13(9,10)11)3-12-2-1-7/h4,7H,1-3H2,(H2,6,8)(H2,9,10,11). The number of amides is 1. The van der Waals surface area contributed by atoms with Crippen molar-refractivity contribution < 1.29 is 29.0 Å². The SMILES string of the molecule is NC(=O)C(COCCO)P(=O)(O)O. The van der Waals surface area contributed by atoms with Gasteiger partial charge >= 0.3 is 7.60 Å². The Morgan fingerprint density at radius 1 is 1.54 bits per heavy atom. The van der Waals surface area contributed by atoms with Crippen molar-refractivity contribution >= 4 is 13.5 Å². The summed E-state index contributed by atoms with van der Waals surface area (Å²) in [5.41, 5.74) is 3.09. The molecule has 0 spiro atoms. The fraction of sp³-hybridized carbons (Fsp3) is 0.800. The van der Waals surface area contributed by atoms with E-state index in [0.717, 1.165) is 0 Å². The Bertz CT molecular complexity index is 213. The van der Waals surface area contributed by atoms with Gasteiger partial charge in [-0.05, 0) is 0 Å². The predicted molar refractivity (Wildman–Crippen MR) is 42.9 cm³/mol. The fourth-order valence-corrected chi connectivity index (χ4v) is 1.24. The largest absolute Gasteiger partial charge is 0.394 e. The highest BCUT2D eigenvalue weighted by atomic mass is 31.2. The Hall–Kier alpha value is -0.460. The number of aliphatic hydroxyl groups is 1. The summed E-state index contributed by atoms with van der Waals surface area (Å²) in [6, 6.07) is 0. The van der Waals surface area contributed by atoms with E-state index >= 15 is 0 Å². The third-order valence-corrected chi connectivity index (χ3v) is 2.46. The molecule has 0 rings (SSSR count). The van der Waals surface area contributed by atoms with Crippen LogP contribution in [0.15, 0.2) is 0 Å². The van der Waals surface area contributed by atoms with Crippen molar-refractivity contribution in [3.05, 3.63) is 0 Å². The number of aliphatic hydroxyl groups excluding tert-OH is 1. The summed E-state index contributed by atoms with van der Waals surface area (Å²) < 4.78 is 15.2. The van der Waals surface area contributed by atoms with Gasteiger partial charge in [-0.2, -0.15) is 0 Å². The van der Waals surface area contributed by atoms with E-state index in [9.17, 15) is 9.36 Å². The summed E-state index contributed by atoms with van der Waals surface area (Å²) in [5.74, 6) is -1.12. The molecular formula is C5H12NO6P. The monoisotopic (exact) mass is 213 g/mol. The third-order valence-electron chi connectivity index (χ3n) is 1.25. The first-order chi connectivity index (χ1) is 5.89. The molecule has 0 saturated carbocycles. The van der Waals surface area contributed by atoms with Gasteiger partial charge < -0.3 is 25.4 Å². The zero-order chi connectivity index (χ0) is 10.5. The van der Waals surface area contributed by atoms with Gasteiger partial charge in [-0.25, -0.2) is 0 Å². The average Bonchev–Trinajstić information content (AvgIpc) is 1.94. The van der Waals surface area contributed by atoms with E-state index in [1.807, 2.05) is 0 Å². The summed E-state index contributed by atoms with van der Waals surface area (Å²) in [4.78, 5) is 27.8. The topological polar surface area (TPSA) is 130 Å². The minimum absolute atomic E-state index is 0.0935. The number of carbonyl (C=O) groups is 1. The molecule has 1 atom stereocenters. The highest BCUT2D eigenvalue weighted by Gasteiger charge is 2.34. The van der Waals surface area contributed by atoms with Crippen LogP contribution in [0.2, 0.25) is 0 Å². The molecule has 78 valence electrons. The van der Waals surface area contributed by atoms with Gasteiger partial charge in [0.2, 0.25) is 5.91 Å². The van der Waals surface area contributed by atoms with E-state index < -0.39 is 25.8 Å². The number of hydrogen-bond donors (Lipinski definition) is 4. The summed E-state index contributed by atoms with van der Waals surface area (Å²) in [6.45, 7) is -0.864. The molecule has 0 aliphatic carbocycles. The first kappa shape index (κ1) is 12.5. The highest BCUT2D eigenvalue weighted by molar-refractivity contribution is 7.53. The Kier molecular flexibility index (Phi) is 5.12. The molecule has 1 unspecified atom stereocenters. The number of nitrogens with two attached hydrogens (primary N) is 1. The van der Waals surface area contributed by atoms with E-state index in [-0.39, 0.29) is 13.2 Å². The molecule has 13 heavy (non-hydrogen) atoms. The van der Waals surface area contributed by atoms with E-state index in [1.165, 1.54) is 0 Å². The molecule has 0 aliphatic heterocycles. The van der Waals surface area contributed by atoms with Crippen molar-refractivity contribution in [2.45, 2.75) is 5.66 Å². The van der Waals surface area contributed by atoms with Gasteiger partial charge in [0.1, 0.15) is 0 Å². The molecule has 0 aromatic rings. The van der Waals surface area contributed by atoms with Crippen LogP contribution < -0.4 is 5.73 Å². The molecule has 5 N–H and O–H groups in total. The van der Waals surface area contributed by atoms with Crippen LogP contribution in [0.4, 0.5) is 0 Å². The smallest absolute Gasteiger partial charge is 0.340 e. The summed E-state index contributed by atoms with van der Waals surface area (Å²) in [5, 5.41) is 8.29. The van der Waals surface area contributed by atoms with E-state index in [2.05, 4.69) is 4.74 Å². The molecule has 8 heteroatoms. The molecule has 0 aliphatic rings. The van der Waals surface area contributed by atoms with Crippen LogP contribution >= 0.6 is 7.60 Å². The lowest BCUT2D eigenvalue weighted by molar-refractivity contribution is -0.119. The zero-order valence-electron chi connectivity index (χ0n) is 6.79. The van der Waals surface area contributed by atoms with Crippen molar-refractivity contribution in [2.24, 2.45) is 5.73 Å². The minimum atomic E-state index is -4.55. The molecule has 0 aromatic carbocycles. The van der Waals surface area contributed by atoms with Crippen LogP contribution in [0.5, 0.6) is 0 Å². The normalized spacial score (nSPS) is 14.1. The molecule has 0 radical (unpaired) electrons. The summed E-state index contributed by atoms with van der Waals surface area (Å²) >= 11 is 0. The lowest BCUT2D eigenvalue weighted by atomic mass is 10.4. The molecule has 0 aromatic heterocycles. The Balaban J connectivity index is 4.13. The molecule has 0 saturated heterocycles. The summed E-state index contributed by atoms with van der Waals surface area (Å²) in [7, 11) is -4.55. The van der Waals surface area contributed by atoms with Gasteiger partial charge in [-0.3, -0.25) is 9.36 Å². The number of ether oxygens (including phenoxy) is 1. The molecule has 1 amide bonds. The Labute approximate surface area is 74.7 Å². The number of hydrogen-bond acceptors (Lipinski definition) is 4. The third kappa shape index (κ3) is 4.97. The second kappa shape index (κ2) is 5.31. The predicted octanol–water partition coefficient (Wildman–Crippen LogP) is -1.97. The van der Waals surface area contributed by atoms with Crippen LogP contribution in [0.3, 0.4) is 0 Å². The first-order valence-electron chi connectivity index (χ1n) is 3.42. The molecule has 0 heterocycles. The van der Waals surface area contributed by atoms with Crippen molar-refractivity contribution in [3.8, 4) is 0 Å². The molecular weight excluding hydrogens is 201 g/mol. The van der Waals surface area contributed by atoms with Crippen LogP contribution in [-0.4, -0.2) is 46.3 Å². The maximum atomic E-state index is 10.6. The molecule has 0 fully saturated rings. The quantitative estimate of drug-likeness (QED) is 0.299. The van der Waals surface area contributed by atoms with Crippen molar-refractivity contribution in [1.29, 1.82) is 0 Å². The first-order valence-corrected chi connectivity index (χ1v) is 5.11. The number of carbonyl (C=O) groups excluding carboxylic acids is 1. The van der Waals surface area contributed by atoms with Gasteiger partial charge in [0, 0.05) is 0 Å². The van der Waals surface area contributed by atoms with E-state index in [1.54, 1.807) is 0 Å². The van der Waals surface area contributed by atoms with Crippen LogP contribution in [0.25, 0.3) is 0 Å². The van der Waals surface area contributed by atoms with Crippen molar-refractivity contribution in [2.75, 3.05) is 19.8 Å². The maximum Gasteiger partial charge on any atom is 0.340 e. The van der Waals surface area contributed by atoms with E-state index in [4.69, 9.17) is 20.6 Å². The minimum Gasteiger partial charge on any atom is -0.394 e. The Morgan fingerprint density at radius 2 is 2.08 bits per heavy atom. The van der Waals surface area contributed by atoms with Crippen LogP contribution in [0, 0.1) is 0 Å². The highest BCUT2D eigenvalue weighted by Crippen LogP contribution is 2.40. The lowest BCUT2D eigenvalue weighted by Crippen LogP contribution is -2.33. The second-order valence-corrected chi connectivity index (χ2v) is 4.11. The van der Waals surface area contributed by atoms with Gasteiger partial charge in [0.25, 0.3) is 0 Å². The van der Waals surface area contributed by atoms with Crippen molar-refractivity contribution in [1.82, 2.24) is 0 Å². The van der Waals surface area contributed by atoms with Gasteiger partial charge in [0.05, 0.1) is 19.8 Å². The summed E-state index contributed by atoms with van der Waals surface area (Å²) in [6.07, 6.45) is 0. The van der Waals surface area contributed by atoms with Crippen molar-refractivity contribution in [3.63, 3.8) is 0 Å². The van der Waals surface area contributed by atoms with Gasteiger partial charge in [-0.1, -0.05) is 0 Å². The number of primary amides is 1. The Morgan fingerprint density at radius 3 is 2.38 bits per heavy atom. The maximum absolute atomic E-state index is 10.6. The number of rotatable bonds is 6. The van der Waals surface area contributed by atoms with Crippen LogP contribution in [-0.2, 0) is 14.1 Å². The fourth-order valence-electron chi connectivity index (χ4n) is 0.604. The van der Waals surface area contributed by atoms with Crippen LogP contribution in [0.1, 0.15) is 0 Å². The zero-order valence-corrected chi connectivity index (χ0v) is 7.68. The average molecular weight is 213 g/mol.